The molecule has 0 saturated heterocycles. The number of nitrogens with zero attached hydrogens (tertiary/aromatic N) is 3. The molecule has 0 spiro atoms. The maximum absolute atomic E-state index is 14.2. The minimum absolute atomic E-state index is 0.0982. The Morgan fingerprint density at radius 2 is 2.05 bits per heavy atom. The third-order valence-corrected chi connectivity index (χ3v) is 7.81. The van der Waals surface area contributed by atoms with Gasteiger partial charge >= 0.3 is 0 Å². The summed E-state index contributed by atoms with van der Waals surface area (Å²) in [7, 11) is 0. The predicted octanol–water partition coefficient (Wildman–Crippen LogP) is 4.03. The lowest BCUT2D eigenvalue weighted by atomic mass is 9.89. The van der Waals surface area contributed by atoms with Gasteiger partial charge in [-0.05, 0) is 57.2 Å². The van der Waals surface area contributed by atoms with E-state index in [0.29, 0.717) is 24.8 Å². The molecule has 3 N–H and O–H groups in total. The number of pyridine rings is 1. The first kappa shape index (κ1) is 25.2. The molecule has 9 heteroatoms. The van der Waals surface area contributed by atoms with Crippen molar-refractivity contribution in [2.24, 2.45) is 22.6 Å². The number of aromatic nitrogens is 1. The number of fused-ring (bicyclic) bond motifs is 1. The van der Waals surface area contributed by atoms with Crippen LogP contribution in [0.5, 0.6) is 5.75 Å². The van der Waals surface area contributed by atoms with Gasteiger partial charge in [0.25, 0.3) is 0 Å². The highest BCUT2D eigenvalue weighted by atomic mass is 19.1. The molecule has 0 radical (unpaired) electrons. The van der Waals surface area contributed by atoms with Gasteiger partial charge in [0.2, 0.25) is 11.8 Å². The Balaban J connectivity index is 1.41. The van der Waals surface area contributed by atoms with E-state index in [0.717, 1.165) is 17.5 Å². The number of guanidine groups is 1. The number of nitrogens with two attached hydrogens (primary N) is 1. The summed E-state index contributed by atoms with van der Waals surface area (Å²) in [4.78, 5) is 36.9. The number of benzene rings is 1. The van der Waals surface area contributed by atoms with Gasteiger partial charge in [-0.25, -0.2) is 9.38 Å². The third kappa shape index (κ3) is 4.91. The summed E-state index contributed by atoms with van der Waals surface area (Å²) in [6.07, 6.45) is 4.68. The van der Waals surface area contributed by atoms with Crippen LogP contribution in [0.3, 0.4) is 0 Å². The molecule has 3 heterocycles. The van der Waals surface area contributed by atoms with Gasteiger partial charge in [0.1, 0.15) is 17.2 Å². The van der Waals surface area contributed by atoms with Crippen LogP contribution in [0.25, 0.3) is 0 Å². The summed E-state index contributed by atoms with van der Waals surface area (Å²) < 4.78 is 20.3. The Bertz CT molecular complexity index is 1260. The molecule has 2 amide bonds. The van der Waals surface area contributed by atoms with Crippen LogP contribution in [0.2, 0.25) is 0 Å². The van der Waals surface area contributed by atoms with E-state index < -0.39 is 23.0 Å². The van der Waals surface area contributed by atoms with E-state index in [1.54, 1.807) is 0 Å². The predicted molar refractivity (Wildman–Crippen MR) is 137 cm³/mol. The fourth-order valence-electron chi connectivity index (χ4n) is 5.66. The molecular weight excluding hydrogens is 473 g/mol. The van der Waals surface area contributed by atoms with Gasteiger partial charge in [-0.3, -0.25) is 19.5 Å². The van der Waals surface area contributed by atoms with Crippen molar-refractivity contribution in [3.63, 3.8) is 0 Å². The smallest absolute Gasteiger partial charge is 0.232 e. The van der Waals surface area contributed by atoms with Crippen LogP contribution in [0.4, 0.5) is 4.39 Å². The monoisotopic (exact) mass is 507 g/mol. The van der Waals surface area contributed by atoms with Gasteiger partial charge in [0.05, 0.1) is 30.2 Å². The van der Waals surface area contributed by atoms with Crippen molar-refractivity contribution in [3.05, 3.63) is 59.7 Å². The number of carbonyl (C=O) groups is 2. The van der Waals surface area contributed by atoms with Gasteiger partial charge in [-0.2, -0.15) is 0 Å². The fraction of sp³-hybridized carbons (Fsp3) is 0.500. The maximum atomic E-state index is 14.2. The number of hydrogen-bond donors (Lipinski definition) is 2. The lowest BCUT2D eigenvalue weighted by molar-refractivity contribution is -0.132. The van der Waals surface area contributed by atoms with E-state index in [1.165, 1.54) is 17.2 Å². The molecule has 2 aromatic rings. The first-order valence-corrected chi connectivity index (χ1v) is 12.9. The van der Waals surface area contributed by atoms with Gasteiger partial charge < -0.3 is 15.8 Å². The van der Waals surface area contributed by atoms with E-state index in [4.69, 9.17) is 10.5 Å². The molecule has 1 saturated carbocycles. The van der Waals surface area contributed by atoms with Gasteiger partial charge in [-0.1, -0.05) is 25.1 Å². The second-order valence-electron chi connectivity index (χ2n) is 11.3. The van der Waals surface area contributed by atoms with Crippen molar-refractivity contribution < 1.29 is 18.7 Å². The second-order valence-corrected chi connectivity index (χ2v) is 11.3. The average molecular weight is 508 g/mol. The Kier molecular flexibility index (Phi) is 6.20. The third-order valence-electron chi connectivity index (χ3n) is 7.81. The van der Waals surface area contributed by atoms with Crippen LogP contribution < -0.4 is 15.8 Å². The van der Waals surface area contributed by atoms with Crippen molar-refractivity contribution in [1.29, 1.82) is 0 Å². The Morgan fingerprint density at radius 1 is 1.30 bits per heavy atom. The lowest BCUT2D eigenvalue weighted by Gasteiger charge is -2.39. The molecule has 5 atom stereocenters. The molecule has 1 aromatic heterocycles. The fourth-order valence-corrected chi connectivity index (χ4v) is 5.66. The zero-order valence-corrected chi connectivity index (χ0v) is 21.7. The Labute approximate surface area is 216 Å². The van der Waals surface area contributed by atoms with E-state index in [1.807, 2.05) is 52.0 Å². The standard InChI is InChI=1S/C28H34FN5O3/c1-5-28(4)13-23(35)34(26(30)33-28)24(16-10-17(29)15-31-14-16)19-11-20(19)25(36)32-21-12-27(2,3)37-22-9-7-6-8-18(21)22/h6-10,14-15,19-21,24H,5,11-13H2,1-4H3,(H2,30,33)(H,32,36). The number of ether oxygens (including phenoxy) is 1. The second kappa shape index (κ2) is 9.11. The number of para-hydroxylation sites is 1. The van der Waals surface area contributed by atoms with Crippen molar-refractivity contribution in [3.8, 4) is 5.75 Å². The maximum Gasteiger partial charge on any atom is 0.232 e. The minimum atomic E-state index is -0.630. The number of nitrogens with one attached hydrogen (secondary N) is 1. The first-order chi connectivity index (χ1) is 17.5. The average Bonchev–Trinajstić information content (AvgIpc) is 3.61. The molecule has 37 heavy (non-hydrogen) atoms. The van der Waals surface area contributed by atoms with Crippen molar-refractivity contribution >= 4 is 17.8 Å². The first-order valence-electron chi connectivity index (χ1n) is 12.9. The Morgan fingerprint density at radius 3 is 2.76 bits per heavy atom. The van der Waals surface area contributed by atoms with E-state index in [2.05, 4.69) is 15.3 Å². The number of carbonyl (C=O) groups excluding carboxylic acids is 2. The molecule has 2 aliphatic heterocycles. The highest BCUT2D eigenvalue weighted by Gasteiger charge is 2.53. The summed E-state index contributed by atoms with van der Waals surface area (Å²) in [5.41, 5.74) is 6.79. The number of amides is 2. The molecule has 1 aliphatic carbocycles. The molecule has 0 bridgehead atoms. The Hall–Kier alpha value is -3.49. The van der Waals surface area contributed by atoms with Crippen LogP contribution >= 0.6 is 0 Å². The van der Waals surface area contributed by atoms with Gasteiger partial charge in [-0.15, -0.1) is 0 Å². The van der Waals surface area contributed by atoms with Gasteiger partial charge in [0, 0.05) is 24.1 Å². The molecule has 3 aliphatic rings. The quantitative estimate of drug-likeness (QED) is 0.614. The zero-order chi connectivity index (χ0) is 26.5. The number of aliphatic imine (C=N–C) groups is 1. The molecule has 8 nitrogen and oxygen atoms in total. The topological polar surface area (TPSA) is 110 Å². The van der Waals surface area contributed by atoms with Crippen molar-refractivity contribution in [2.45, 2.75) is 76.6 Å². The van der Waals surface area contributed by atoms with Crippen molar-refractivity contribution in [2.75, 3.05) is 0 Å². The van der Waals surface area contributed by atoms with E-state index in [9.17, 15) is 14.0 Å². The molecule has 5 unspecified atom stereocenters. The summed E-state index contributed by atoms with van der Waals surface area (Å²) in [5.74, 6) is -0.527. The normalized spacial score (nSPS) is 29.0. The molecular formula is C28H34FN5O3. The zero-order valence-electron chi connectivity index (χ0n) is 21.7. The molecule has 5 rings (SSSR count). The summed E-state index contributed by atoms with van der Waals surface area (Å²) >= 11 is 0. The highest BCUT2D eigenvalue weighted by Crippen LogP contribution is 2.52. The SMILES string of the molecule is CCC1(C)CC(=O)N(C(c2cncc(F)c2)C2CC2C(=O)NC2CC(C)(C)Oc3ccccc32)C(N)=N1. The van der Waals surface area contributed by atoms with Crippen LogP contribution in [0.15, 0.2) is 47.7 Å². The number of halogens is 1. The number of rotatable bonds is 6. The minimum Gasteiger partial charge on any atom is -0.487 e. The number of hydrogen-bond acceptors (Lipinski definition) is 6. The summed E-state index contributed by atoms with van der Waals surface area (Å²) in [6, 6.07) is 8.26. The molecule has 1 fully saturated rings. The van der Waals surface area contributed by atoms with E-state index >= 15 is 0 Å². The van der Waals surface area contributed by atoms with Crippen LogP contribution in [0.1, 0.15) is 76.6 Å². The summed E-state index contributed by atoms with van der Waals surface area (Å²) in [6.45, 7) is 7.87. The van der Waals surface area contributed by atoms with Gasteiger partial charge in [0.15, 0.2) is 5.96 Å². The molecule has 1 aromatic carbocycles. The van der Waals surface area contributed by atoms with Crippen LogP contribution in [0, 0.1) is 17.7 Å². The van der Waals surface area contributed by atoms with Crippen LogP contribution in [-0.4, -0.2) is 38.8 Å². The van der Waals surface area contributed by atoms with E-state index in [-0.39, 0.29) is 42.1 Å². The van der Waals surface area contributed by atoms with Crippen molar-refractivity contribution in [1.82, 2.24) is 15.2 Å². The lowest BCUT2D eigenvalue weighted by Crippen LogP contribution is -2.52. The van der Waals surface area contributed by atoms with Crippen LogP contribution in [-0.2, 0) is 9.59 Å². The largest absolute Gasteiger partial charge is 0.487 e. The molecule has 196 valence electrons. The summed E-state index contributed by atoms with van der Waals surface area (Å²) in [5, 5.41) is 3.21. The highest BCUT2D eigenvalue weighted by molar-refractivity contribution is 5.99.